The van der Waals surface area contributed by atoms with Gasteiger partial charge in [0, 0.05) is 0 Å². The molecule has 0 nitrogen and oxygen atoms in total. The molecule has 0 unspecified atom stereocenters. The smallest absolute Gasteiger partial charge is 0.0160 e. The van der Waals surface area contributed by atoms with Crippen LogP contribution in [-0.4, -0.2) is 0 Å². The first-order valence-electron chi connectivity index (χ1n) is 5.72. The molecule has 1 rings (SSSR count). The summed E-state index contributed by atoms with van der Waals surface area (Å²) < 4.78 is 0. The maximum absolute atomic E-state index is 2.25. The molecule has 0 heterocycles. The third-order valence-corrected chi connectivity index (χ3v) is 1.66. The average molecular weight is 194 g/mol. The van der Waals surface area contributed by atoms with Crippen LogP contribution in [-0.2, 0) is 0 Å². The fourth-order valence-corrected chi connectivity index (χ4v) is 0.828. The first-order valence-corrected chi connectivity index (χ1v) is 5.72. The fraction of sp³-hybridized carbons (Fsp3) is 0.571. The van der Waals surface area contributed by atoms with Gasteiger partial charge >= 0.3 is 0 Å². The predicted octanol–water partition coefficient (Wildman–Crippen LogP) is 5.28. The Bertz CT molecular complexity index is 192. The zero-order chi connectivity index (χ0) is 11.4. The van der Waals surface area contributed by atoms with Crippen molar-refractivity contribution in [2.24, 2.45) is 0 Å². The van der Waals surface area contributed by atoms with Gasteiger partial charge in [-0.3, -0.25) is 0 Å². The Morgan fingerprint density at radius 1 is 1.07 bits per heavy atom. The van der Waals surface area contributed by atoms with E-state index < -0.39 is 0 Å². The van der Waals surface area contributed by atoms with Gasteiger partial charge in [-0.15, -0.1) is 0 Å². The Morgan fingerprint density at radius 3 is 2.07 bits per heavy atom. The minimum absolute atomic E-state index is 1.08. The molecule has 0 aromatic heterocycles. The molecule has 0 amide bonds. The van der Waals surface area contributed by atoms with Crippen LogP contribution in [0.2, 0.25) is 0 Å². The third-order valence-electron chi connectivity index (χ3n) is 1.66. The van der Waals surface area contributed by atoms with Crippen LogP contribution in [0.5, 0.6) is 0 Å². The molecule has 1 aliphatic carbocycles. The highest BCUT2D eigenvalue weighted by atomic mass is 14.0. The van der Waals surface area contributed by atoms with Gasteiger partial charge < -0.3 is 0 Å². The van der Waals surface area contributed by atoms with Crippen molar-refractivity contribution in [3.05, 3.63) is 35.5 Å². The maximum Gasteiger partial charge on any atom is -0.0160 e. The summed E-state index contributed by atoms with van der Waals surface area (Å²) in [5.74, 6) is 0. The average Bonchev–Trinajstić information content (AvgIpc) is 2.37. The van der Waals surface area contributed by atoms with E-state index in [0.717, 1.165) is 6.42 Å². The van der Waals surface area contributed by atoms with Crippen LogP contribution in [0, 0.1) is 0 Å². The highest BCUT2D eigenvalue weighted by Crippen LogP contribution is 2.11. The Hall–Kier alpha value is -0.780. The van der Waals surface area contributed by atoms with E-state index in [1.165, 1.54) is 17.6 Å². The van der Waals surface area contributed by atoms with Gasteiger partial charge in [0.05, 0.1) is 0 Å². The number of allylic oxidation sites excluding steroid dienone is 6. The first kappa shape index (κ1) is 15.7. The summed E-state index contributed by atoms with van der Waals surface area (Å²) in [5.41, 5.74) is 2.78. The van der Waals surface area contributed by atoms with E-state index in [0.29, 0.717) is 0 Å². The Kier molecular flexibility index (Phi) is 13.7. The van der Waals surface area contributed by atoms with E-state index in [1.54, 1.807) is 0 Å². The molecular formula is C14H26. The summed E-state index contributed by atoms with van der Waals surface area (Å²) in [6.45, 7) is 12.5. The van der Waals surface area contributed by atoms with Gasteiger partial charge in [-0.1, -0.05) is 64.0 Å². The molecule has 0 aliphatic heterocycles. The van der Waals surface area contributed by atoms with E-state index in [9.17, 15) is 0 Å². The van der Waals surface area contributed by atoms with Crippen molar-refractivity contribution in [2.45, 2.75) is 54.4 Å². The highest BCUT2D eigenvalue weighted by Gasteiger charge is 1.91. The Morgan fingerprint density at radius 2 is 1.57 bits per heavy atom. The summed E-state index contributed by atoms with van der Waals surface area (Å²) in [6, 6.07) is 0. The van der Waals surface area contributed by atoms with Crippen molar-refractivity contribution in [3.63, 3.8) is 0 Å². The summed E-state index contributed by atoms with van der Waals surface area (Å²) in [5, 5.41) is 0. The topological polar surface area (TPSA) is 0 Å². The van der Waals surface area contributed by atoms with E-state index in [2.05, 4.69) is 52.0 Å². The van der Waals surface area contributed by atoms with E-state index in [1.807, 2.05) is 13.8 Å². The minimum atomic E-state index is 1.08. The van der Waals surface area contributed by atoms with Crippen molar-refractivity contribution in [3.8, 4) is 0 Å². The lowest BCUT2D eigenvalue weighted by molar-refractivity contribution is 1.09. The molecule has 0 fully saturated rings. The lowest BCUT2D eigenvalue weighted by Crippen LogP contribution is -1.74. The van der Waals surface area contributed by atoms with Gasteiger partial charge in [0.15, 0.2) is 0 Å². The largest absolute Gasteiger partial charge is 0.0807 e. The van der Waals surface area contributed by atoms with E-state index >= 15 is 0 Å². The standard InChI is InChI=1S/C9H12.C3H8.C2H6/c1-8-6-4-3-5-7-9(8)2;1-3-2;1-2/h3-4,6-7H,5H2,1-2H3;3H2,1-2H3;1-2H3. The van der Waals surface area contributed by atoms with Gasteiger partial charge in [0.25, 0.3) is 0 Å². The molecule has 82 valence electrons. The van der Waals surface area contributed by atoms with Gasteiger partial charge in [-0.2, -0.15) is 0 Å². The zero-order valence-electron chi connectivity index (χ0n) is 10.7. The second kappa shape index (κ2) is 12.2. The number of rotatable bonds is 0. The normalized spacial score (nSPS) is 13.6. The summed E-state index contributed by atoms with van der Waals surface area (Å²) >= 11 is 0. The molecule has 0 N–H and O–H groups in total. The number of hydrogen-bond acceptors (Lipinski definition) is 0. The fourth-order valence-electron chi connectivity index (χ4n) is 0.828. The monoisotopic (exact) mass is 194 g/mol. The maximum atomic E-state index is 2.25. The molecule has 1 aliphatic rings. The molecule has 0 saturated carbocycles. The van der Waals surface area contributed by atoms with Crippen molar-refractivity contribution < 1.29 is 0 Å². The van der Waals surface area contributed by atoms with Gasteiger partial charge in [0.1, 0.15) is 0 Å². The second-order valence-electron chi connectivity index (χ2n) is 3.11. The summed E-state index contributed by atoms with van der Waals surface area (Å²) in [6.07, 6.45) is 11.0. The van der Waals surface area contributed by atoms with E-state index in [4.69, 9.17) is 0 Å². The molecule has 0 atom stereocenters. The van der Waals surface area contributed by atoms with Crippen LogP contribution < -0.4 is 0 Å². The molecule has 0 saturated heterocycles. The molecular weight excluding hydrogens is 168 g/mol. The second-order valence-corrected chi connectivity index (χ2v) is 3.11. The molecule has 0 radical (unpaired) electrons. The number of hydrogen-bond donors (Lipinski definition) is 0. The van der Waals surface area contributed by atoms with Crippen molar-refractivity contribution in [1.82, 2.24) is 0 Å². The third kappa shape index (κ3) is 9.31. The first-order chi connectivity index (χ1) is 6.72. The van der Waals surface area contributed by atoms with Crippen molar-refractivity contribution in [1.29, 1.82) is 0 Å². The lowest BCUT2D eigenvalue weighted by atomic mass is 10.1. The Balaban J connectivity index is 0. The highest BCUT2D eigenvalue weighted by molar-refractivity contribution is 5.32. The molecule has 0 aromatic rings. The molecule has 14 heavy (non-hydrogen) atoms. The van der Waals surface area contributed by atoms with Crippen LogP contribution in [0.15, 0.2) is 35.5 Å². The Labute approximate surface area is 90.4 Å². The van der Waals surface area contributed by atoms with Gasteiger partial charge in [0.2, 0.25) is 0 Å². The van der Waals surface area contributed by atoms with Crippen molar-refractivity contribution in [2.75, 3.05) is 0 Å². The van der Waals surface area contributed by atoms with Crippen LogP contribution >= 0.6 is 0 Å². The van der Waals surface area contributed by atoms with Crippen molar-refractivity contribution >= 4 is 0 Å². The SMILES string of the molecule is CC.CC1=CC=CCC=C1C.CCC. The molecule has 0 spiro atoms. The lowest BCUT2D eigenvalue weighted by Gasteiger charge is -1.95. The van der Waals surface area contributed by atoms with Crippen LogP contribution in [0.3, 0.4) is 0 Å². The summed E-state index contributed by atoms with van der Waals surface area (Å²) in [7, 11) is 0. The van der Waals surface area contributed by atoms with Crippen LogP contribution in [0.25, 0.3) is 0 Å². The quantitative estimate of drug-likeness (QED) is 0.492. The van der Waals surface area contributed by atoms with Crippen LogP contribution in [0.1, 0.15) is 54.4 Å². The minimum Gasteiger partial charge on any atom is -0.0807 e. The predicted molar refractivity (Wildman–Crippen MR) is 68.6 cm³/mol. The molecule has 0 aromatic carbocycles. The van der Waals surface area contributed by atoms with Gasteiger partial charge in [-0.05, 0) is 25.8 Å². The van der Waals surface area contributed by atoms with Crippen LogP contribution in [0.4, 0.5) is 0 Å². The molecule has 0 bridgehead atoms. The van der Waals surface area contributed by atoms with Gasteiger partial charge in [-0.25, -0.2) is 0 Å². The molecule has 0 heteroatoms. The van der Waals surface area contributed by atoms with E-state index in [-0.39, 0.29) is 0 Å². The summed E-state index contributed by atoms with van der Waals surface area (Å²) in [4.78, 5) is 0. The zero-order valence-corrected chi connectivity index (χ0v) is 10.7.